The van der Waals surface area contributed by atoms with Crippen LogP contribution in [0.1, 0.15) is 33.7 Å². The van der Waals surface area contributed by atoms with Crippen LogP contribution in [0.15, 0.2) is 42.5 Å². The van der Waals surface area contributed by atoms with Gasteiger partial charge < -0.3 is 14.7 Å². The summed E-state index contributed by atoms with van der Waals surface area (Å²) >= 11 is 0. The zero-order chi connectivity index (χ0) is 26.7. The lowest BCUT2D eigenvalue weighted by Crippen LogP contribution is -2.68. The monoisotopic (exact) mass is 528 g/mol. The number of halogens is 3. The first kappa shape index (κ1) is 27.6. The highest BCUT2D eigenvalue weighted by atomic mass is 32.2. The fraction of sp³-hybridized carbons (Fsp3) is 0.458. The fourth-order valence-electron chi connectivity index (χ4n) is 4.40. The van der Waals surface area contributed by atoms with Gasteiger partial charge in [-0.2, -0.15) is 13.2 Å². The van der Waals surface area contributed by atoms with Crippen LogP contribution in [0, 0.1) is 19.8 Å². The molecule has 2 aliphatic rings. The first-order valence-corrected chi connectivity index (χ1v) is 12.8. The lowest BCUT2D eigenvalue weighted by Gasteiger charge is -2.49. The Morgan fingerprint density at radius 2 is 1.81 bits per heavy atom. The van der Waals surface area contributed by atoms with Crippen molar-refractivity contribution in [2.24, 2.45) is 5.92 Å². The van der Waals surface area contributed by atoms with Gasteiger partial charge in [0.1, 0.15) is 4.75 Å². The number of hydrogen-bond acceptors (Lipinski definition) is 6. The first-order valence-electron chi connectivity index (χ1n) is 11.1. The molecule has 1 aromatic carbocycles. The number of pyridine rings is 1. The number of likely N-dealkylation sites (tertiary alicyclic amines) is 1. The number of sulfone groups is 1. The molecule has 3 heterocycles. The van der Waals surface area contributed by atoms with Crippen molar-refractivity contribution >= 4 is 21.7 Å². The molecule has 2 saturated heterocycles. The van der Waals surface area contributed by atoms with Gasteiger partial charge in [-0.3, -0.25) is 9.78 Å². The molecule has 0 bridgehead atoms. The molecule has 12 heteroatoms. The predicted octanol–water partition coefficient (Wildman–Crippen LogP) is 3.18. The molecule has 1 atom stereocenters. The van der Waals surface area contributed by atoms with Crippen LogP contribution in [0.4, 0.5) is 13.2 Å². The summed E-state index contributed by atoms with van der Waals surface area (Å²) in [4.78, 5) is 27.7. The quantitative estimate of drug-likeness (QED) is 0.634. The Labute approximate surface area is 207 Å². The number of amides is 1. The second-order valence-corrected chi connectivity index (χ2v) is 11.4. The van der Waals surface area contributed by atoms with E-state index in [2.05, 4.69) is 4.98 Å². The van der Waals surface area contributed by atoms with Gasteiger partial charge >= 0.3 is 12.1 Å². The van der Waals surface area contributed by atoms with E-state index in [1.165, 1.54) is 0 Å². The van der Waals surface area contributed by atoms with Crippen molar-refractivity contribution in [1.82, 2.24) is 9.88 Å². The van der Waals surface area contributed by atoms with E-state index in [9.17, 15) is 26.4 Å². The number of rotatable bonds is 5. The molecule has 4 rings (SSSR count). The number of carbonyl (C=O) groups excluding carboxylic acids is 1. The molecular weight excluding hydrogens is 501 g/mol. The van der Waals surface area contributed by atoms with Crippen molar-refractivity contribution in [2.75, 3.05) is 25.4 Å². The molecule has 0 saturated carbocycles. The maximum atomic E-state index is 12.8. The molecule has 2 fully saturated rings. The number of nitrogens with zero attached hydrogens (tertiary/aromatic N) is 2. The van der Waals surface area contributed by atoms with Crippen molar-refractivity contribution in [3.8, 4) is 0 Å². The highest BCUT2D eigenvalue weighted by Crippen LogP contribution is 2.45. The van der Waals surface area contributed by atoms with Crippen molar-refractivity contribution in [2.45, 2.75) is 37.8 Å². The minimum Gasteiger partial charge on any atom is -0.475 e. The van der Waals surface area contributed by atoms with E-state index < -0.39 is 26.7 Å². The zero-order valence-electron chi connectivity index (χ0n) is 19.8. The minimum atomic E-state index is -5.08. The van der Waals surface area contributed by atoms with E-state index in [1.54, 1.807) is 11.0 Å². The molecule has 8 nitrogen and oxygen atoms in total. The number of carboxylic acids is 1. The number of aromatic nitrogens is 1. The van der Waals surface area contributed by atoms with Gasteiger partial charge in [0, 0.05) is 30.3 Å². The zero-order valence-corrected chi connectivity index (χ0v) is 20.6. The van der Waals surface area contributed by atoms with Crippen molar-refractivity contribution in [1.29, 1.82) is 0 Å². The molecule has 1 spiro atoms. The summed E-state index contributed by atoms with van der Waals surface area (Å²) in [5.74, 6) is -2.80. The van der Waals surface area contributed by atoms with Crippen molar-refractivity contribution in [3.63, 3.8) is 0 Å². The Morgan fingerprint density at radius 1 is 1.17 bits per heavy atom. The van der Waals surface area contributed by atoms with Crippen molar-refractivity contribution in [3.05, 3.63) is 65.0 Å². The summed E-state index contributed by atoms with van der Waals surface area (Å²) < 4.78 is 62.3. The number of aliphatic carboxylic acids is 1. The topological polar surface area (TPSA) is 114 Å². The molecule has 0 radical (unpaired) electrons. The predicted molar refractivity (Wildman–Crippen MR) is 124 cm³/mol. The van der Waals surface area contributed by atoms with Gasteiger partial charge in [-0.15, -0.1) is 0 Å². The Morgan fingerprint density at radius 3 is 2.39 bits per heavy atom. The van der Waals surface area contributed by atoms with Gasteiger partial charge in [0.15, 0.2) is 9.84 Å². The van der Waals surface area contributed by atoms with Crippen LogP contribution < -0.4 is 0 Å². The summed E-state index contributed by atoms with van der Waals surface area (Å²) in [7, 11) is -3.25. The number of carbonyl (C=O) groups is 2. The molecule has 2 aromatic rings. The smallest absolute Gasteiger partial charge is 0.475 e. The third kappa shape index (κ3) is 6.04. The van der Waals surface area contributed by atoms with E-state index >= 15 is 0 Å². The molecule has 36 heavy (non-hydrogen) atoms. The fourth-order valence-corrected chi connectivity index (χ4v) is 6.80. The minimum absolute atomic E-state index is 0.0983. The molecule has 1 unspecified atom stereocenters. The van der Waals surface area contributed by atoms with Gasteiger partial charge in [0.05, 0.1) is 24.7 Å². The van der Waals surface area contributed by atoms with Crippen LogP contribution in [0.2, 0.25) is 0 Å². The van der Waals surface area contributed by atoms with Crippen molar-refractivity contribution < 1.29 is 41.0 Å². The van der Waals surface area contributed by atoms with Crippen LogP contribution in [0.25, 0.3) is 0 Å². The summed E-state index contributed by atoms with van der Waals surface area (Å²) in [6.45, 7) is 5.09. The van der Waals surface area contributed by atoms with Gasteiger partial charge in [-0.05, 0) is 44.5 Å². The lowest BCUT2D eigenvalue weighted by atomic mass is 9.83. The number of carboxylic acid groups (broad SMARTS) is 1. The largest absolute Gasteiger partial charge is 0.490 e. The number of aryl methyl sites for hydroxylation is 2. The molecule has 1 amide bonds. The van der Waals surface area contributed by atoms with E-state index in [0.29, 0.717) is 25.2 Å². The van der Waals surface area contributed by atoms with E-state index in [4.69, 9.17) is 14.6 Å². The Bertz CT molecular complexity index is 1230. The maximum absolute atomic E-state index is 12.8. The van der Waals surface area contributed by atoms with Crippen LogP contribution in [-0.2, 0) is 26.0 Å². The first-order chi connectivity index (χ1) is 16.7. The lowest BCUT2D eigenvalue weighted by molar-refractivity contribution is -0.192. The SMILES string of the molecule is Cc1cccc(C(=O)N2CC3(C2)C(COCc2cccc(C)n2)CCS3(=O)=O)c1.O=C(O)C(F)(F)F. The van der Waals surface area contributed by atoms with Gasteiger partial charge in [0.2, 0.25) is 0 Å². The second kappa shape index (κ2) is 10.6. The van der Waals surface area contributed by atoms with Gasteiger partial charge in [-0.1, -0.05) is 23.8 Å². The number of alkyl halides is 3. The number of hydrogen-bond donors (Lipinski definition) is 1. The van der Waals surface area contributed by atoms with E-state index in [1.807, 2.05) is 50.2 Å². The molecule has 196 valence electrons. The van der Waals surface area contributed by atoms with Crippen LogP contribution in [0.3, 0.4) is 0 Å². The summed E-state index contributed by atoms with van der Waals surface area (Å²) in [6, 6.07) is 13.2. The average Bonchev–Trinajstić information content (AvgIpc) is 3.02. The standard InChI is InChI=1S/C22H26N2O4S.C2HF3O2/c1-16-5-3-7-18(11-16)21(25)24-14-22(15-24)19(9-10-29(22,26)27)12-28-13-20-8-4-6-17(2)23-20;3-2(4,5)1(6)7/h3-8,11,19H,9-10,12-15H2,1-2H3;(H,6,7). The third-order valence-electron chi connectivity index (χ3n) is 6.33. The molecule has 2 aliphatic heterocycles. The molecule has 1 N–H and O–H groups in total. The Kier molecular flexibility index (Phi) is 8.09. The Hall–Kier alpha value is -2.99. The molecule has 0 aliphatic carbocycles. The maximum Gasteiger partial charge on any atom is 0.490 e. The van der Waals surface area contributed by atoms with Crippen LogP contribution in [-0.4, -0.2) is 71.7 Å². The summed E-state index contributed by atoms with van der Waals surface area (Å²) in [6.07, 6.45) is -4.50. The number of ether oxygens (including phenoxy) is 1. The normalized spacial score (nSPS) is 19.8. The second-order valence-electron chi connectivity index (χ2n) is 8.99. The highest BCUT2D eigenvalue weighted by molar-refractivity contribution is 7.93. The molecular formula is C24H27F3N2O6S. The highest BCUT2D eigenvalue weighted by Gasteiger charge is 2.62. The van der Waals surface area contributed by atoms with Gasteiger partial charge in [0.25, 0.3) is 5.91 Å². The van der Waals surface area contributed by atoms with E-state index in [0.717, 1.165) is 17.0 Å². The van der Waals surface area contributed by atoms with Crippen LogP contribution >= 0.6 is 0 Å². The summed E-state index contributed by atoms with van der Waals surface area (Å²) in [5.41, 5.74) is 3.38. The summed E-state index contributed by atoms with van der Waals surface area (Å²) in [5, 5.41) is 7.12. The van der Waals surface area contributed by atoms with E-state index in [-0.39, 0.29) is 30.7 Å². The average molecular weight is 529 g/mol. The molecule has 1 aromatic heterocycles. The van der Waals surface area contributed by atoms with Crippen LogP contribution in [0.5, 0.6) is 0 Å². The third-order valence-corrected chi connectivity index (χ3v) is 8.93. The Balaban J connectivity index is 0.000000454. The van der Waals surface area contributed by atoms with Gasteiger partial charge in [-0.25, -0.2) is 13.2 Å². The number of benzene rings is 1.